The van der Waals surface area contributed by atoms with E-state index in [0.717, 1.165) is 5.56 Å². The Bertz CT molecular complexity index is 925. The van der Waals surface area contributed by atoms with E-state index in [4.69, 9.17) is 4.74 Å². The molecule has 0 N–H and O–H groups in total. The Morgan fingerprint density at radius 2 is 1.72 bits per heavy atom. The monoisotopic (exact) mass is 391 g/mol. The molecule has 29 heavy (non-hydrogen) atoms. The Balaban J connectivity index is 1.49. The van der Waals surface area contributed by atoms with Crippen molar-refractivity contribution in [2.45, 2.75) is 39.3 Å². The first-order valence-electron chi connectivity index (χ1n) is 9.84. The number of aromatic nitrogens is 2. The van der Waals surface area contributed by atoms with E-state index < -0.39 is 0 Å². The predicted octanol–water partition coefficient (Wildman–Crippen LogP) is 4.27. The van der Waals surface area contributed by atoms with Crippen LogP contribution in [0.3, 0.4) is 0 Å². The second-order valence-corrected chi connectivity index (χ2v) is 8.34. The van der Waals surface area contributed by atoms with Crippen molar-refractivity contribution < 1.29 is 9.53 Å². The molecule has 5 nitrogen and oxygen atoms in total. The molecule has 2 aromatic carbocycles. The van der Waals surface area contributed by atoms with Crippen molar-refractivity contribution in [3.8, 4) is 5.75 Å². The van der Waals surface area contributed by atoms with E-state index in [9.17, 15) is 4.79 Å². The molecule has 1 aromatic heterocycles. The van der Waals surface area contributed by atoms with E-state index in [0.29, 0.717) is 18.8 Å². The van der Waals surface area contributed by atoms with E-state index in [1.807, 2.05) is 53.3 Å². The quantitative estimate of drug-likeness (QED) is 0.604. The van der Waals surface area contributed by atoms with Gasteiger partial charge in [-0.1, -0.05) is 63.2 Å². The summed E-state index contributed by atoms with van der Waals surface area (Å²) in [7, 11) is 1.78. The van der Waals surface area contributed by atoms with Gasteiger partial charge in [0.2, 0.25) is 0 Å². The van der Waals surface area contributed by atoms with Crippen molar-refractivity contribution in [1.29, 1.82) is 0 Å². The third kappa shape index (κ3) is 5.95. The van der Waals surface area contributed by atoms with Gasteiger partial charge in [-0.15, -0.1) is 0 Å². The highest BCUT2D eigenvalue weighted by Crippen LogP contribution is 2.24. The van der Waals surface area contributed by atoms with Crippen LogP contribution in [0.2, 0.25) is 0 Å². The van der Waals surface area contributed by atoms with Crippen molar-refractivity contribution in [2.75, 3.05) is 13.7 Å². The Labute approximate surface area is 172 Å². The van der Waals surface area contributed by atoms with Crippen molar-refractivity contribution in [3.05, 3.63) is 83.7 Å². The third-order valence-corrected chi connectivity index (χ3v) is 4.80. The van der Waals surface area contributed by atoms with Crippen molar-refractivity contribution in [2.24, 2.45) is 0 Å². The molecule has 152 valence electrons. The van der Waals surface area contributed by atoms with Crippen LogP contribution in [0, 0.1) is 0 Å². The summed E-state index contributed by atoms with van der Waals surface area (Å²) in [4.78, 5) is 14.1. The average Bonchev–Trinajstić information content (AvgIpc) is 3.13. The van der Waals surface area contributed by atoms with Gasteiger partial charge in [-0.3, -0.25) is 9.48 Å². The highest BCUT2D eigenvalue weighted by Gasteiger charge is 2.14. The minimum atomic E-state index is -0.0688. The second-order valence-electron chi connectivity index (χ2n) is 8.34. The first-order chi connectivity index (χ1) is 13.8. The summed E-state index contributed by atoms with van der Waals surface area (Å²) in [6.07, 6.45) is 3.78. The number of hydrogen-bond acceptors (Lipinski definition) is 3. The molecule has 0 atom stereocenters. The summed E-state index contributed by atoms with van der Waals surface area (Å²) in [5.41, 5.74) is 3.52. The van der Waals surface area contributed by atoms with Gasteiger partial charge in [0.25, 0.3) is 5.91 Å². The van der Waals surface area contributed by atoms with Crippen LogP contribution in [-0.2, 0) is 23.3 Å². The van der Waals surface area contributed by atoms with Crippen molar-refractivity contribution in [3.63, 3.8) is 0 Å². The molecule has 0 aliphatic carbocycles. The van der Waals surface area contributed by atoms with Gasteiger partial charge in [-0.05, 0) is 28.7 Å². The Kier molecular flexibility index (Phi) is 6.37. The SMILES string of the molecule is CN(Cc1cnn(Cc2ccccc2)c1)C(=O)COc1ccc(C(C)(C)C)cc1. The molecule has 5 heteroatoms. The van der Waals surface area contributed by atoms with Crippen LogP contribution < -0.4 is 4.74 Å². The number of ether oxygens (including phenoxy) is 1. The van der Waals surface area contributed by atoms with Gasteiger partial charge in [0, 0.05) is 25.4 Å². The average molecular weight is 392 g/mol. The molecule has 0 fully saturated rings. The van der Waals surface area contributed by atoms with E-state index in [2.05, 4.69) is 38.0 Å². The topological polar surface area (TPSA) is 47.4 Å². The van der Waals surface area contributed by atoms with E-state index >= 15 is 0 Å². The number of amides is 1. The van der Waals surface area contributed by atoms with Gasteiger partial charge in [0.05, 0.1) is 12.7 Å². The van der Waals surface area contributed by atoms with Crippen LogP contribution in [-0.4, -0.2) is 34.2 Å². The van der Waals surface area contributed by atoms with Crippen LogP contribution in [0.25, 0.3) is 0 Å². The lowest BCUT2D eigenvalue weighted by Crippen LogP contribution is -2.30. The Morgan fingerprint density at radius 1 is 1.03 bits per heavy atom. The highest BCUT2D eigenvalue weighted by atomic mass is 16.5. The summed E-state index contributed by atoms with van der Waals surface area (Å²) < 4.78 is 7.55. The molecule has 0 saturated heterocycles. The minimum Gasteiger partial charge on any atom is -0.484 e. The zero-order valence-electron chi connectivity index (χ0n) is 17.6. The molecule has 1 amide bonds. The fourth-order valence-corrected chi connectivity index (χ4v) is 3.01. The van der Waals surface area contributed by atoms with Gasteiger partial charge in [0.15, 0.2) is 6.61 Å². The molecule has 0 bridgehead atoms. The molecular weight excluding hydrogens is 362 g/mol. The summed E-state index contributed by atoms with van der Waals surface area (Å²) in [5, 5.41) is 4.39. The van der Waals surface area contributed by atoms with Crippen LogP contribution >= 0.6 is 0 Å². The van der Waals surface area contributed by atoms with E-state index in [-0.39, 0.29) is 17.9 Å². The lowest BCUT2D eigenvalue weighted by molar-refractivity contribution is -0.132. The van der Waals surface area contributed by atoms with Gasteiger partial charge < -0.3 is 9.64 Å². The molecule has 0 aliphatic heterocycles. The van der Waals surface area contributed by atoms with Gasteiger partial charge in [0.1, 0.15) is 5.75 Å². The molecule has 0 spiro atoms. The van der Waals surface area contributed by atoms with Crippen LogP contribution in [0.15, 0.2) is 67.0 Å². The summed E-state index contributed by atoms with van der Waals surface area (Å²) >= 11 is 0. The first kappa shape index (κ1) is 20.6. The number of benzene rings is 2. The van der Waals surface area contributed by atoms with Crippen LogP contribution in [0.1, 0.15) is 37.5 Å². The van der Waals surface area contributed by atoms with E-state index in [1.54, 1.807) is 18.1 Å². The predicted molar refractivity (Wildman–Crippen MR) is 115 cm³/mol. The molecule has 0 aliphatic rings. The first-order valence-corrected chi connectivity index (χ1v) is 9.84. The number of hydrogen-bond donors (Lipinski definition) is 0. The fraction of sp³-hybridized carbons (Fsp3) is 0.333. The van der Waals surface area contributed by atoms with Crippen LogP contribution in [0.4, 0.5) is 0 Å². The normalized spacial score (nSPS) is 11.3. The van der Waals surface area contributed by atoms with Crippen molar-refractivity contribution in [1.82, 2.24) is 14.7 Å². The van der Waals surface area contributed by atoms with Gasteiger partial charge >= 0.3 is 0 Å². The number of carbonyl (C=O) groups excluding carboxylic acids is 1. The number of rotatable bonds is 7. The largest absolute Gasteiger partial charge is 0.484 e. The Morgan fingerprint density at radius 3 is 2.38 bits per heavy atom. The Hall–Kier alpha value is -3.08. The summed E-state index contributed by atoms with van der Waals surface area (Å²) in [6.45, 7) is 7.74. The van der Waals surface area contributed by atoms with Crippen molar-refractivity contribution >= 4 is 5.91 Å². The fourth-order valence-electron chi connectivity index (χ4n) is 3.01. The molecule has 3 rings (SSSR count). The molecule has 0 saturated carbocycles. The van der Waals surface area contributed by atoms with Gasteiger partial charge in [-0.25, -0.2) is 0 Å². The maximum Gasteiger partial charge on any atom is 0.260 e. The molecular formula is C24H29N3O2. The highest BCUT2D eigenvalue weighted by molar-refractivity contribution is 5.77. The molecule has 3 aromatic rings. The number of carbonyl (C=O) groups is 1. The molecule has 0 unspecified atom stereocenters. The lowest BCUT2D eigenvalue weighted by Gasteiger charge is -2.19. The smallest absolute Gasteiger partial charge is 0.260 e. The maximum absolute atomic E-state index is 12.4. The number of likely N-dealkylation sites (N-methyl/N-ethyl adjacent to an activating group) is 1. The summed E-state index contributed by atoms with van der Waals surface area (Å²) in [6, 6.07) is 18.1. The zero-order valence-corrected chi connectivity index (χ0v) is 17.6. The number of nitrogens with zero attached hydrogens (tertiary/aromatic N) is 3. The van der Waals surface area contributed by atoms with Gasteiger partial charge in [-0.2, -0.15) is 5.10 Å². The maximum atomic E-state index is 12.4. The standard InChI is InChI=1S/C24H29N3O2/c1-24(2,3)21-10-12-22(13-11-21)29-18-23(28)26(4)15-20-14-25-27(17-20)16-19-8-6-5-7-9-19/h5-14,17H,15-16,18H2,1-4H3. The van der Waals surface area contributed by atoms with E-state index in [1.165, 1.54) is 11.1 Å². The summed E-state index contributed by atoms with van der Waals surface area (Å²) in [5.74, 6) is 0.635. The molecule has 1 heterocycles. The lowest BCUT2D eigenvalue weighted by atomic mass is 9.87. The molecule has 0 radical (unpaired) electrons. The third-order valence-electron chi connectivity index (χ3n) is 4.80. The van der Waals surface area contributed by atoms with Crippen LogP contribution in [0.5, 0.6) is 5.75 Å². The second kappa shape index (κ2) is 8.95. The zero-order chi connectivity index (χ0) is 20.9. The minimum absolute atomic E-state index is 0.0174.